The molecule has 0 spiro atoms. The summed E-state index contributed by atoms with van der Waals surface area (Å²) in [6, 6.07) is 16.9. The van der Waals surface area contributed by atoms with Crippen LogP contribution >= 0.6 is 11.6 Å². The lowest BCUT2D eigenvalue weighted by Crippen LogP contribution is -2.45. The molecule has 4 aromatic rings. The average Bonchev–Trinajstić information content (AvgIpc) is 3.42. The highest BCUT2D eigenvalue weighted by molar-refractivity contribution is 6.30. The third-order valence-electron chi connectivity index (χ3n) is 7.90. The van der Waals surface area contributed by atoms with Gasteiger partial charge < -0.3 is 14.0 Å². The van der Waals surface area contributed by atoms with Gasteiger partial charge in [0.2, 0.25) is 0 Å². The van der Waals surface area contributed by atoms with Gasteiger partial charge in [0.15, 0.2) is 6.10 Å². The Morgan fingerprint density at radius 3 is 2.38 bits per heavy atom. The molecular formula is C34H38ClN3O4. The van der Waals surface area contributed by atoms with Crippen molar-refractivity contribution in [3.63, 3.8) is 0 Å². The minimum atomic E-state index is -1.11. The van der Waals surface area contributed by atoms with Crippen LogP contribution < -0.4 is 0 Å². The van der Waals surface area contributed by atoms with E-state index in [1.54, 1.807) is 0 Å². The summed E-state index contributed by atoms with van der Waals surface area (Å²) in [5, 5.41) is 1.57. The van der Waals surface area contributed by atoms with Gasteiger partial charge in [-0.3, -0.25) is 4.79 Å². The number of amides is 2. The molecule has 3 heterocycles. The molecule has 220 valence electrons. The van der Waals surface area contributed by atoms with Crippen molar-refractivity contribution in [3.8, 4) is 11.1 Å². The van der Waals surface area contributed by atoms with Crippen LogP contribution in [0.2, 0.25) is 5.02 Å². The van der Waals surface area contributed by atoms with Crippen LogP contribution in [0.25, 0.3) is 22.2 Å². The van der Waals surface area contributed by atoms with Gasteiger partial charge in [-0.2, -0.15) is 0 Å². The molecule has 42 heavy (non-hydrogen) atoms. The molecule has 8 heteroatoms. The molecule has 0 saturated carbocycles. The molecule has 2 atom stereocenters. The zero-order chi connectivity index (χ0) is 30.3. The number of halogens is 1. The van der Waals surface area contributed by atoms with E-state index in [9.17, 15) is 9.59 Å². The lowest BCUT2D eigenvalue weighted by Gasteiger charge is -2.32. The highest BCUT2D eigenvalue weighted by Crippen LogP contribution is 2.43. The largest absolute Gasteiger partial charge is 0.447 e. The highest BCUT2D eigenvalue weighted by Gasteiger charge is 2.44. The van der Waals surface area contributed by atoms with Crippen LogP contribution in [0.15, 0.2) is 54.6 Å². The van der Waals surface area contributed by atoms with Gasteiger partial charge in [0.1, 0.15) is 12.3 Å². The highest BCUT2D eigenvalue weighted by atomic mass is 35.5. The van der Waals surface area contributed by atoms with E-state index >= 15 is 0 Å². The summed E-state index contributed by atoms with van der Waals surface area (Å²) in [7, 11) is 0. The van der Waals surface area contributed by atoms with E-state index in [0.29, 0.717) is 22.7 Å². The normalized spacial score (nSPS) is 16.2. The minimum absolute atomic E-state index is 0.125. The molecule has 0 N–H and O–H groups in total. The van der Waals surface area contributed by atoms with Crippen LogP contribution in [0, 0.1) is 20.8 Å². The summed E-state index contributed by atoms with van der Waals surface area (Å²) < 4.78 is 14.2. The average molecular weight is 588 g/mol. The number of pyridine rings is 1. The number of nitrogens with zero attached hydrogens (tertiary/aromatic N) is 3. The summed E-state index contributed by atoms with van der Waals surface area (Å²) in [4.78, 5) is 34.1. The Hall–Kier alpha value is -3.68. The molecule has 2 aromatic heterocycles. The third-order valence-corrected chi connectivity index (χ3v) is 8.16. The standard InChI is InChI=1S/C34H38ClN3O4/c1-8-37-22(4)20(2)27-29(24-14-16-25(35)17-15-24)28(21(3)36-31(27)37)30(42-34(5,6)7)32(39)38-26(19-41-33(38)40)18-23-12-10-9-11-13-23/h9-17,26,30H,8,18-19H2,1-7H3/t26-,30-/m1/s1. The van der Waals surface area contributed by atoms with E-state index in [4.69, 9.17) is 26.1 Å². The van der Waals surface area contributed by atoms with Gasteiger partial charge in [-0.25, -0.2) is 14.7 Å². The number of ether oxygens (including phenoxy) is 2. The van der Waals surface area contributed by atoms with Gasteiger partial charge in [-0.1, -0.05) is 54.1 Å². The Balaban J connectivity index is 1.74. The van der Waals surface area contributed by atoms with Gasteiger partial charge in [-0.15, -0.1) is 0 Å². The smallest absolute Gasteiger partial charge is 0.417 e. The molecule has 1 saturated heterocycles. The number of rotatable bonds is 7. The SMILES string of the molecule is CCn1c(C)c(C)c2c(-c3ccc(Cl)cc3)c([C@@H](OC(C)(C)C)C(=O)N3C(=O)OC[C@H]3Cc3ccccc3)c(C)nc21. The lowest BCUT2D eigenvalue weighted by molar-refractivity contribution is -0.152. The van der Waals surface area contributed by atoms with Crippen LogP contribution in [-0.2, 0) is 27.2 Å². The first-order valence-electron chi connectivity index (χ1n) is 14.4. The van der Waals surface area contributed by atoms with Crippen molar-refractivity contribution in [2.75, 3.05) is 6.61 Å². The second-order valence-corrected chi connectivity index (χ2v) is 12.3. The molecule has 2 aromatic carbocycles. The molecule has 2 amide bonds. The summed E-state index contributed by atoms with van der Waals surface area (Å²) in [5.41, 5.74) is 6.39. The van der Waals surface area contributed by atoms with Gasteiger partial charge >= 0.3 is 6.09 Å². The van der Waals surface area contributed by atoms with Crippen molar-refractivity contribution in [2.24, 2.45) is 0 Å². The zero-order valence-corrected chi connectivity index (χ0v) is 26.1. The second-order valence-electron chi connectivity index (χ2n) is 11.9. The molecule has 7 nitrogen and oxygen atoms in total. The Morgan fingerprint density at radius 2 is 1.76 bits per heavy atom. The van der Waals surface area contributed by atoms with Crippen molar-refractivity contribution in [2.45, 2.75) is 79.2 Å². The van der Waals surface area contributed by atoms with Crippen molar-refractivity contribution in [3.05, 3.63) is 87.7 Å². The first kappa shape index (κ1) is 29.8. The molecule has 0 radical (unpaired) electrons. The fourth-order valence-corrected chi connectivity index (χ4v) is 6.02. The number of aromatic nitrogens is 2. The lowest BCUT2D eigenvalue weighted by atomic mass is 9.90. The molecule has 1 aliphatic rings. The number of hydrogen-bond acceptors (Lipinski definition) is 5. The molecule has 0 unspecified atom stereocenters. The van der Waals surface area contributed by atoms with E-state index < -0.39 is 29.7 Å². The van der Waals surface area contributed by atoms with Crippen LogP contribution in [0.5, 0.6) is 0 Å². The topological polar surface area (TPSA) is 73.7 Å². The van der Waals surface area contributed by atoms with Gasteiger partial charge in [0, 0.05) is 39.5 Å². The first-order valence-corrected chi connectivity index (χ1v) is 14.8. The molecule has 5 rings (SSSR count). The van der Waals surface area contributed by atoms with Crippen molar-refractivity contribution < 1.29 is 19.1 Å². The fourth-order valence-electron chi connectivity index (χ4n) is 5.90. The van der Waals surface area contributed by atoms with Crippen molar-refractivity contribution in [1.82, 2.24) is 14.5 Å². The van der Waals surface area contributed by atoms with Crippen LogP contribution in [0.3, 0.4) is 0 Å². The Bertz CT molecular complexity index is 1640. The Morgan fingerprint density at radius 1 is 1.10 bits per heavy atom. The van der Waals surface area contributed by atoms with E-state index in [1.165, 1.54) is 4.90 Å². The minimum Gasteiger partial charge on any atom is -0.447 e. The predicted octanol–water partition coefficient (Wildman–Crippen LogP) is 7.75. The number of hydrogen-bond donors (Lipinski definition) is 0. The summed E-state index contributed by atoms with van der Waals surface area (Å²) in [6.45, 7) is 14.8. The Labute approximate surface area is 252 Å². The maximum Gasteiger partial charge on any atom is 0.417 e. The van der Waals surface area contributed by atoms with Crippen LogP contribution in [-0.4, -0.2) is 44.7 Å². The van der Waals surface area contributed by atoms with E-state index in [1.807, 2.05) is 82.3 Å². The predicted molar refractivity (Wildman–Crippen MR) is 166 cm³/mol. The number of benzene rings is 2. The molecule has 0 bridgehead atoms. The number of imide groups is 1. The van der Waals surface area contributed by atoms with Crippen molar-refractivity contribution in [1.29, 1.82) is 0 Å². The number of carbonyl (C=O) groups excluding carboxylic acids is 2. The van der Waals surface area contributed by atoms with Crippen LogP contribution in [0.4, 0.5) is 4.79 Å². The number of carbonyl (C=O) groups is 2. The van der Waals surface area contributed by atoms with E-state index in [2.05, 4.69) is 25.3 Å². The van der Waals surface area contributed by atoms with Crippen LogP contribution in [0.1, 0.15) is 61.9 Å². The second kappa shape index (κ2) is 11.5. The maximum atomic E-state index is 14.6. The zero-order valence-electron chi connectivity index (χ0n) is 25.3. The molecule has 1 fully saturated rings. The van der Waals surface area contributed by atoms with Gasteiger partial charge in [0.25, 0.3) is 5.91 Å². The van der Waals surface area contributed by atoms with Crippen molar-refractivity contribution >= 4 is 34.6 Å². The number of cyclic esters (lactones) is 1. The summed E-state index contributed by atoms with van der Waals surface area (Å²) in [5.74, 6) is -0.461. The monoisotopic (exact) mass is 587 g/mol. The summed E-state index contributed by atoms with van der Waals surface area (Å²) >= 11 is 6.30. The summed E-state index contributed by atoms with van der Waals surface area (Å²) in [6.07, 6.45) is -1.29. The first-order chi connectivity index (χ1) is 19.9. The maximum absolute atomic E-state index is 14.6. The Kier molecular flexibility index (Phi) is 8.19. The number of aryl methyl sites for hydroxylation is 3. The molecular weight excluding hydrogens is 550 g/mol. The number of fused-ring (bicyclic) bond motifs is 1. The van der Waals surface area contributed by atoms with Gasteiger partial charge in [-0.05, 0) is 83.7 Å². The molecule has 0 aliphatic carbocycles. The quantitative estimate of drug-likeness (QED) is 0.221. The van der Waals surface area contributed by atoms with E-state index in [0.717, 1.165) is 45.5 Å². The van der Waals surface area contributed by atoms with E-state index in [-0.39, 0.29) is 6.61 Å². The molecule has 1 aliphatic heterocycles. The van der Waals surface area contributed by atoms with Gasteiger partial charge in [0.05, 0.1) is 11.6 Å². The third kappa shape index (κ3) is 5.55. The fraction of sp³-hybridized carbons (Fsp3) is 0.382.